The van der Waals surface area contributed by atoms with Gasteiger partial charge in [-0.15, -0.1) is 0 Å². The summed E-state index contributed by atoms with van der Waals surface area (Å²) in [6.45, 7) is 8.89. The Morgan fingerprint density at radius 3 is 2.05 bits per heavy atom. The van der Waals surface area contributed by atoms with Crippen LogP contribution in [0.3, 0.4) is 0 Å². The molecule has 0 spiro atoms. The molecule has 11 heteroatoms. The minimum Gasteiger partial charge on any atom is -0.344 e. The van der Waals surface area contributed by atoms with Gasteiger partial charge >= 0.3 is 11.6 Å². The summed E-state index contributed by atoms with van der Waals surface area (Å²) < 4.78 is 67.6. The zero-order valence-corrected chi connectivity index (χ0v) is 23.5. The van der Waals surface area contributed by atoms with Gasteiger partial charge in [-0.05, 0) is 47.3 Å². The first kappa shape index (κ1) is 33.0. The fourth-order valence-corrected chi connectivity index (χ4v) is 5.40. The molecule has 1 heterocycles. The summed E-state index contributed by atoms with van der Waals surface area (Å²) in [5.74, 6) is -0.277. The van der Waals surface area contributed by atoms with Gasteiger partial charge in [-0.25, -0.2) is 6.57 Å². The second-order valence-corrected chi connectivity index (χ2v) is 10.8. The fraction of sp³-hybridized carbons (Fsp3) is 0.355. The van der Waals surface area contributed by atoms with E-state index in [9.17, 15) is 26.7 Å². The number of hydrogen-bond acceptors (Lipinski definition) is 2. The van der Waals surface area contributed by atoms with E-state index < -0.39 is 34.3 Å². The van der Waals surface area contributed by atoms with Gasteiger partial charge in [-0.3, -0.25) is 14.4 Å². The number of piperidine rings is 1. The molecular formula is C31H30ClF6N3O. The molecule has 3 aromatic carbocycles. The Kier molecular flexibility index (Phi) is 10.3. The Morgan fingerprint density at radius 2 is 1.52 bits per heavy atom. The van der Waals surface area contributed by atoms with Crippen LogP contribution < -0.4 is 0 Å². The molecule has 0 aliphatic carbocycles. The van der Waals surface area contributed by atoms with Gasteiger partial charge < -0.3 is 9.74 Å². The number of carbonyl (C=O) groups is 1. The number of nitrogens with zero attached hydrogens (tertiary/aromatic N) is 3. The van der Waals surface area contributed by atoms with Crippen LogP contribution in [0.1, 0.15) is 46.7 Å². The van der Waals surface area contributed by atoms with E-state index in [1.165, 1.54) is 4.90 Å². The zero-order valence-electron chi connectivity index (χ0n) is 22.8. The number of alkyl halides is 6. The lowest BCUT2D eigenvalue weighted by atomic mass is 9.81. The molecule has 4 rings (SSSR count). The molecule has 1 amide bonds. The van der Waals surface area contributed by atoms with Gasteiger partial charge in [0.25, 0.3) is 5.54 Å². The van der Waals surface area contributed by atoms with Crippen molar-refractivity contribution < 1.29 is 31.5 Å². The van der Waals surface area contributed by atoms with Crippen molar-refractivity contribution in [1.29, 1.82) is 0 Å². The van der Waals surface area contributed by atoms with Gasteiger partial charge in [-0.2, -0.15) is 22.0 Å². The molecule has 0 radical (unpaired) electrons. The minimum absolute atomic E-state index is 0. The maximum absolute atomic E-state index is 13.8. The molecule has 1 aliphatic heterocycles. The highest BCUT2D eigenvalue weighted by atomic mass is 35.5. The van der Waals surface area contributed by atoms with Gasteiger partial charge in [0.2, 0.25) is 5.91 Å². The number of likely N-dealkylation sites (tertiary alicyclic amines) is 1. The normalized spacial score (nSPS) is 16.1. The van der Waals surface area contributed by atoms with Gasteiger partial charge in [0.05, 0.1) is 5.56 Å². The van der Waals surface area contributed by atoms with Gasteiger partial charge in [0.1, 0.15) is 6.04 Å². The molecule has 0 aromatic heterocycles. The van der Waals surface area contributed by atoms with Crippen molar-refractivity contribution >= 4 is 17.5 Å². The Labute approximate surface area is 245 Å². The van der Waals surface area contributed by atoms with E-state index in [1.54, 1.807) is 7.05 Å². The molecule has 3 aromatic rings. The molecule has 4 nitrogen and oxygen atoms in total. The third-order valence-electron chi connectivity index (χ3n) is 7.62. The summed E-state index contributed by atoms with van der Waals surface area (Å²) in [7, 11) is 1.54. The van der Waals surface area contributed by atoms with Crippen molar-refractivity contribution in [1.82, 2.24) is 9.80 Å². The first-order valence-corrected chi connectivity index (χ1v) is 13.5. The molecule has 224 valence electrons. The van der Waals surface area contributed by atoms with E-state index in [1.807, 2.05) is 65.6 Å². The highest BCUT2D eigenvalue weighted by Gasteiger charge is 2.45. The molecule has 1 atom stereocenters. The van der Waals surface area contributed by atoms with Crippen LogP contribution in [0.5, 0.6) is 0 Å². The molecule has 0 N–H and O–H groups in total. The second kappa shape index (κ2) is 13.2. The van der Waals surface area contributed by atoms with Crippen molar-refractivity contribution in [2.75, 3.05) is 26.7 Å². The lowest BCUT2D eigenvalue weighted by Gasteiger charge is -2.39. The van der Waals surface area contributed by atoms with Crippen molar-refractivity contribution in [2.24, 2.45) is 0 Å². The third kappa shape index (κ3) is 7.44. The fourth-order valence-electron chi connectivity index (χ4n) is 5.29. The summed E-state index contributed by atoms with van der Waals surface area (Å²) in [6.07, 6.45) is -3.86. The second-order valence-electron chi connectivity index (χ2n) is 10.3. The zero-order chi connectivity index (χ0) is 29.8. The highest BCUT2D eigenvalue weighted by Crippen LogP contribution is 2.40. The van der Waals surface area contributed by atoms with E-state index in [0.717, 1.165) is 23.3 Å². The number of benzene rings is 3. The molecule has 1 aliphatic rings. The predicted octanol–water partition coefficient (Wildman–Crippen LogP) is 7.80. The molecular weight excluding hydrogens is 580 g/mol. The summed E-state index contributed by atoms with van der Waals surface area (Å²) >= 11 is 5.04. The molecule has 0 saturated carbocycles. The SMILES string of the molecule is F.[C-]#[N+]C1(c2ccccc2)CCN(C(C(=O)N(C)CCc2cc(C(F)(F)F)cc(C(F)(F)Cl)c2)c2ccccc2)CC1. The first-order chi connectivity index (χ1) is 19.3. The molecule has 0 bridgehead atoms. The van der Waals surface area contributed by atoms with Crippen LogP contribution in [-0.4, -0.2) is 42.4 Å². The number of likely N-dealkylation sites (N-methyl/N-ethyl adjacent to an activating group) is 1. The average Bonchev–Trinajstić information content (AvgIpc) is 2.96. The van der Waals surface area contributed by atoms with Gasteiger partial charge in [0, 0.05) is 50.7 Å². The van der Waals surface area contributed by atoms with E-state index in [0.29, 0.717) is 32.0 Å². The maximum Gasteiger partial charge on any atom is 0.416 e. The summed E-state index contributed by atoms with van der Waals surface area (Å²) in [5, 5.41) is -3.97. The first-order valence-electron chi connectivity index (χ1n) is 13.1. The summed E-state index contributed by atoms with van der Waals surface area (Å²) in [5.41, 5.74) is -1.17. The average molecular weight is 610 g/mol. The standard InChI is InChI=1S/C31H29ClF5N3O.FH/c1-38-29(24-11-7-4-8-12-24)14-17-40(18-15-29)27(23-9-5-3-6-10-23)28(41)39(2)16-13-22-19-25(30(32,33)34)21-26(20-22)31(35,36)37;/h3-12,19-21,27H,13-18H2,2H3;1H. The quantitative estimate of drug-likeness (QED) is 0.148. The van der Waals surface area contributed by atoms with Crippen molar-refractivity contribution in [3.8, 4) is 0 Å². The minimum atomic E-state index is -4.83. The predicted molar refractivity (Wildman–Crippen MR) is 150 cm³/mol. The third-order valence-corrected chi connectivity index (χ3v) is 7.84. The number of hydrogen-bond donors (Lipinski definition) is 0. The number of halogens is 7. The van der Waals surface area contributed by atoms with E-state index >= 15 is 0 Å². The van der Waals surface area contributed by atoms with Crippen molar-refractivity contribution in [3.63, 3.8) is 0 Å². The van der Waals surface area contributed by atoms with Crippen LogP contribution in [-0.2, 0) is 28.3 Å². The van der Waals surface area contributed by atoms with Crippen LogP contribution in [0, 0.1) is 6.57 Å². The number of carbonyl (C=O) groups excluding carboxylic acids is 1. The summed E-state index contributed by atoms with van der Waals surface area (Å²) in [6, 6.07) is 20.2. The Bertz CT molecular complexity index is 1350. The highest BCUT2D eigenvalue weighted by molar-refractivity contribution is 6.21. The molecule has 42 heavy (non-hydrogen) atoms. The lowest BCUT2D eigenvalue weighted by molar-refractivity contribution is -0.138. The monoisotopic (exact) mass is 609 g/mol. The largest absolute Gasteiger partial charge is 0.416 e. The van der Waals surface area contributed by atoms with E-state index in [-0.39, 0.29) is 29.1 Å². The van der Waals surface area contributed by atoms with Crippen LogP contribution in [0.4, 0.5) is 26.7 Å². The van der Waals surface area contributed by atoms with Crippen LogP contribution >= 0.6 is 11.6 Å². The molecule has 1 unspecified atom stereocenters. The van der Waals surface area contributed by atoms with Gasteiger partial charge in [-0.1, -0.05) is 60.7 Å². The Hall–Kier alpha value is -3.55. The Morgan fingerprint density at radius 1 is 0.976 bits per heavy atom. The number of amides is 1. The van der Waals surface area contributed by atoms with Crippen molar-refractivity contribution in [2.45, 2.75) is 42.4 Å². The van der Waals surface area contributed by atoms with E-state index in [4.69, 9.17) is 18.2 Å². The summed E-state index contributed by atoms with van der Waals surface area (Å²) in [4.78, 5) is 21.2. The van der Waals surface area contributed by atoms with Crippen LogP contribution in [0.15, 0.2) is 78.9 Å². The van der Waals surface area contributed by atoms with Crippen LogP contribution in [0.2, 0.25) is 0 Å². The Balaban J connectivity index is 0.00000484. The van der Waals surface area contributed by atoms with Crippen molar-refractivity contribution in [3.05, 3.63) is 118 Å². The van der Waals surface area contributed by atoms with E-state index in [2.05, 4.69) is 4.85 Å². The van der Waals surface area contributed by atoms with Crippen LogP contribution in [0.25, 0.3) is 4.85 Å². The lowest BCUT2D eigenvalue weighted by Crippen LogP contribution is -2.48. The molecule has 1 saturated heterocycles. The number of rotatable bonds is 8. The maximum atomic E-state index is 13.8. The molecule has 1 fully saturated rings. The topological polar surface area (TPSA) is 27.9 Å². The smallest absolute Gasteiger partial charge is 0.344 e. The van der Waals surface area contributed by atoms with Gasteiger partial charge in [0.15, 0.2) is 0 Å².